The molecule has 1 N–H and O–H groups in total. The lowest BCUT2D eigenvalue weighted by Gasteiger charge is -2.34. The Balaban J connectivity index is 2.15. The molecule has 0 unspecified atom stereocenters. The standard InChI is InChI=1S/C14H18N2O4/c1-10(17)15-6-8-16(9-7-15)14(19)13-11(18)4-3-5-12(13)20-2/h3-5,18H,6-9H2,1-2H3. The molecule has 108 valence electrons. The van der Waals surface area contributed by atoms with Crippen molar-refractivity contribution < 1.29 is 19.4 Å². The minimum Gasteiger partial charge on any atom is -0.507 e. The molecule has 1 aliphatic rings. The lowest BCUT2D eigenvalue weighted by Crippen LogP contribution is -2.50. The van der Waals surface area contributed by atoms with Crippen LogP contribution in [0.15, 0.2) is 18.2 Å². The van der Waals surface area contributed by atoms with Crippen LogP contribution in [0.5, 0.6) is 11.5 Å². The van der Waals surface area contributed by atoms with Gasteiger partial charge in [-0.15, -0.1) is 0 Å². The first-order valence-electron chi connectivity index (χ1n) is 6.45. The topological polar surface area (TPSA) is 70.1 Å². The highest BCUT2D eigenvalue weighted by molar-refractivity contribution is 5.99. The highest BCUT2D eigenvalue weighted by Gasteiger charge is 2.27. The van der Waals surface area contributed by atoms with Crippen molar-refractivity contribution in [2.45, 2.75) is 6.92 Å². The van der Waals surface area contributed by atoms with Crippen molar-refractivity contribution in [3.63, 3.8) is 0 Å². The quantitative estimate of drug-likeness (QED) is 0.864. The summed E-state index contributed by atoms with van der Waals surface area (Å²) in [5, 5.41) is 9.87. The van der Waals surface area contributed by atoms with Gasteiger partial charge in [-0.2, -0.15) is 0 Å². The fraction of sp³-hybridized carbons (Fsp3) is 0.429. The number of amides is 2. The number of phenols is 1. The Hall–Kier alpha value is -2.24. The van der Waals surface area contributed by atoms with Gasteiger partial charge in [-0.3, -0.25) is 9.59 Å². The third-order valence-electron chi connectivity index (χ3n) is 3.45. The number of ether oxygens (including phenoxy) is 1. The second-order valence-electron chi connectivity index (χ2n) is 4.65. The summed E-state index contributed by atoms with van der Waals surface area (Å²) in [7, 11) is 1.46. The SMILES string of the molecule is COc1cccc(O)c1C(=O)N1CCN(C(C)=O)CC1. The molecule has 1 saturated heterocycles. The van der Waals surface area contributed by atoms with Crippen LogP contribution in [-0.4, -0.2) is 60.0 Å². The van der Waals surface area contributed by atoms with E-state index in [0.29, 0.717) is 31.9 Å². The van der Waals surface area contributed by atoms with Crippen LogP contribution < -0.4 is 4.74 Å². The number of carbonyl (C=O) groups excluding carboxylic acids is 2. The van der Waals surface area contributed by atoms with Crippen molar-refractivity contribution in [3.8, 4) is 11.5 Å². The summed E-state index contributed by atoms with van der Waals surface area (Å²) in [4.78, 5) is 27.0. The summed E-state index contributed by atoms with van der Waals surface area (Å²) in [6.45, 7) is 3.45. The minimum absolute atomic E-state index is 0.0113. The van der Waals surface area contributed by atoms with Gasteiger partial charge in [0.2, 0.25) is 5.91 Å². The number of phenolic OH excluding ortho intramolecular Hbond substituents is 1. The van der Waals surface area contributed by atoms with E-state index in [1.54, 1.807) is 21.9 Å². The van der Waals surface area contributed by atoms with E-state index in [9.17, 15) is 14.7 Å². The molecule has 0 saturated carbocycles. The van der Waals surface area contributed by atoms with Crippen LogP contribution in [0.25, 0.3) is 0 Å². The van der Waals surface area contributed by atoms with Gasteiger partial charge < -0.3 is 19.6 Å². The van der Waals surface area contributed by atoms with E-state index in [1.807, 2.05) is 0 Å². The number of piperazine rings is 1. The Labute approximate surface area is 117 Å². The summed E-state index contributed by atoms with van der Waals surface area (Å²) < 4.78 is 5.13. The van der Waals surface area contributed by atoms with Gasteiger partial charge in [0.1, 0.15) is 17.1 Å². The first-order chi connectivity index (χ1) is 9.54. The van der Waals surface area contributed by atoms with E-state index < -0.39 is 0 Å². The molecular weight excluding hydrogens is 260 g/mol. The van der Waals surface area contributed by atoms with Gasteiger partial charge in [0, 0.05) is 33.1 Å². The monoisotopic (exact) mass is 278 g/mol. The highest BCUT2D eigenvalue weighted by Crippen LogP contribution is 2.28. The van der Waals surface area contributed by atoms with Crippen molar-refractivity contribution in [1.82, 2.24) is 9.80 Å². The van der Waals surface area contributed by atoms with Gasteiger partial charge >= 0.3 is 0 Å². The Morgan fingerprint density at radius 1 is 1.15 bits per heavy atom. The summed E-state index contributed by atoms with van der Waals surface area (Å²) >= 11 is 0. The third-order valence-corrected chi connectivity index (χ3v) is 3.45. The summed E-state index contributed by atoms with van der Waals surface area (Å²) in [5.41, 5.74) is 0.172. The predicted octanol–water partition coefficient (Wildman–Crippen LogP) is 0.705. The summed E-state index contributed by atoms with van der Waals surface area (Å²) in [5.74, 6) is -0.00673. The predicted molar refractivity (Wildman–Crippen MR) is 72.8 cm³/mol. The van der Waals surface area contributed by atoms with E-state index in [0.717, 1.165) is 0 Å². The van der Waals surface area contributed by atoms with Crippen molar-refractivity contribution in [3.05, 3.63) is 23.8 Å². The summed E-state index contributed by atoms with van der Waals surface area (Å²) in [6.07, 6.45) is 0. The zero-order chi connectivity index (χ0) is 14.7. The van der Waals surface area contributed by atoms with Crippen LogP contribution in [0.2, 0.25) is 0 Å². The van der Waals surface area contributed by atoms with Crippen molar-refractivity contribution >= 4 is 11.8 Å². The molecule has 0 spiro atoms. The molecule has 1 heterocycles. The summed E-state index contributed by atoms with van der Waals surface area (Å²) in [6, 6.07) is 4.72. The van der Waals surface area contributed by atoms with Crippen molar-refractivity contribution in [1.29, 1.82) is 0 Å². The molecule has 0 aromatic heterocycles. The van der Waals surface area contributed by atoms with Crippen LogP contribution in [-0.2, 0) is 4.79 Å². The molecule has 20 heavy (non-hydrogen) atoms. The number of hydrogen-bond acceptors (Lipinski definition) is 4. The molecule has 2 rings (SSSR count). The Morgan fingerprint density at radius 3 is 2.30 bits per heavy atom. The molecule has 1 aliphatic heterocycles. The van der Waals surface area contributed by atoms with Gasteiger partial charge in [0.15, 0.2) is 0 Å². The molecule has 0 aliphatic carbocycles. The van der Waals surface area contributed by atoms with Gasteiger partial charge in [0.25, 0.3) is 5.91 Å². The molecule has 0 radical (unpaired) electrons. The first kappa shape index (κ1) is 14.2. The number of methoxy groups -OCH3 is 1. The number of nitrogens with zero attached hydrogens (tertiary/aromatic N) is 2. The maximum Gasteiger partial charge on any atom is 0.261 e. The van der Waals surface area contributed by atoms with Crippen LogP contribution in [0.3, 0.4) is 0 Å². The van der Waals surface area contributed by atoms with Crippen LogP contribution in [0, 0.1) is 0 Å². The number of rotatable bonds is 2. The maximum absolute atomic E-state index is 12.5. The smallest absolute Gasteiger partial charge is 0.261 e. The Morgan fingerprint density at radius 2 is 1.75 bits per heavy atom. The van der Waals surface area contributed by atoms with Gasteiger partial charge in [-0.05, 0) is 12.1 Å². The zero-order valence-corrected chi connectivity index (χ0v) is 11.6. The molecular formula is C14H18N2O4. The lowest BCUT2D eigenvalue weighted by molar-refractivity contribution is -0.130. The second kappa shape index (κ2) is 5.81. The second-order valence-corrected chi connectivity index (χ2v) is 4.65. The van der Waals surface area contributed by atoms with Gasteiger partial charge in [-0.1, -0.05) is 6.07 Å². The zero-order valence-electron chi connectivity index (χ0n) is 11.6. The van der Waals surface area contributed by atoms with Crippen molar-refractivity contribution in [2.75, 3.05) is 33.3 Å². The number of hydrogen-bond donors (Lipinski definition) is 1. The Kier molecular flexibility index (Phi) is 4.12. The number of carbonyl (C=O) groups is 2. The highest BCUT2D eigenvalue weighted by atomic mass is 16.5. The number of benzene rings is 1. The molecule has 2 amide bonds. The normalized spacial score (nSPS) is 15.1. The fourth-order valence-corrected chi connectivity index (χ4v) is 2.29. The van der Waals surface area contributed by atoms with E-state index in [1.165, 1.54) is 20.1 Å². The molecule has 0 bridgehead atoms. The van der Waals surface area contributed by atoms with Crippen molar-refractivity contribution in [2.24, 2.45) is 0 Å². The molecule has 6 nitrogen and oxygen atoms in total. The molecule has 1 aromatic carbocycles. The van der Waals surface area contributed by atoms with Gasteiger partial charge in [-0.25, -0.2) is 0 Å². The molecule has 6 heteroatoms. The van der Waals surface area contributed by atoms with E-state index in [2.05, 4.69) is 0 Å². The Bertz CT molecular complexity index is 522. The van der Waals surface area contributed by atoms with E-state index >= 15 is 0 Å². The lowest BCUT2D eigenvalue weighted by atomic mass is 10.1. The van der Waals surface area contributed by atoms with Crippen LogP contribution >= 0.6 is 0 Å². The first-order valence-corrected chi connectivity index (χ1v) is 6.45. The maximum atomic E-state index is 12.5. The van der Waals surface area contributed by atoms with Gasteiger partial charge in [0.05, 0.1) is 7.11 Å². The molecule has 0 atom stereocenters. The van der Waals surface area contributed by atoms with E-state index in [4.69, 9.17) is 4.74 Å². The van der Waals surface area contributed by atoms with E-state index in [-0.39, 0.29) is 23.1 Å². The molecule has 1 aromatic rings. The average Bonchev–Trinajstić information content (AvgIpc) is 2.46. The largest absolute Gasteiger partial charge is 0.507 e. The van der Waals surface area contributed by atoms with Crippen LogP contribution in [0.1, 0.15) is 17.3 Å². The van der Waals surface area contributed by atoms with Crippen LogP contribution in [0.4, 0.5) is 0 Å². The minimum atomic E-state index is -0.275. The average molecular weight is 278 g/mol. The fourth-order valence-electron chi connectivity index (χ4n) is 2.29. The third kappa shape index (κ3) is 2.68. The molecule has 1 fully saturated rings. The number of aromatic hydroxyl groups is 1.